The Morgan fingerprint density at radius 1 is 1.00 bits per heavy atom. The minimum atomic E-state index is 0.763. The van der Waals surface area contributed by atoms with Crippen molar-refractivity contribution in [2.24, 2.45) is 0 Å². The van der Waals surface area contributed by atoms with E-state index in [2.05, 4.69) is 41.8 Å². The summed E-state index contributed by atoms with van der Waals surface area (Å²) in [5.74, 6) is 0. The molecule has 0 aliphatic carbocycles. The second kappa shape index (κ2) is 7.52. The van der Waals surface area contributed by atoms with Crippen LogP contribution in [0.4, 0.5) is 0 Å². The maximum atomic E-state index is 5.96. The van der Waals surface area contributed by atoms with Crippen molar-refractivity contribution < 1.29 is 4.90 Å². The highest BCUT2D eigenvalue weighted by molar-refractivity contribution is 7.13. The quantitative estimate of drug-likeness (QED) is 0.726. The summed E-state index contributed by atoms with van der Waals surface area (Å²) in [7, 11) is 0. The molecule has 1 unspecified atom stereocenters. The number of halogens is 1. The summed E-state index contributed by atoms with van der Waals surface area (Å²) in [5.41, 5.74) is 5.16. The fraction of sp³-hybridized carbons (Fsp3) is 0.190. The molecule has 1 N–H and O–H groups in total. The van der Waals surface area contributed by atoms with Crippen molar-refractivity contribution in [2.75, 3.05) is 13.1 Å². The van der Waals surface area contributed by atoms with Crippen LogP contribution in [0.2, 0.25) is 5.02 Å². The summed E-state index contributed by atoms with van der Waals surface area (Å²) >= 11 is 7.67. The van der Waals surface area contributed by atoms with Crippen molar-refractivity contribution in [3.8, 4) is 10.6 Å². The van der Waals surface area contributed by atoms with Crippen LogP contribution >= 0.6 is 22.9 Å². The Morgan fingerprint density at radius 3 is 2.52 bits per heavy atom. The van der Waals surface area contributed by atoms with Gasteiger partial charge in [-0.2, -0.15) is 0 Å². The zero-order valence-electron chi connectivity index (χ0n) is 13.9. The molecule has 0 radical (unpaired) electrons. The first-order valence-electron chi connectivity index (χ1n) is 8.56. The van der Waals surface area contributed by atoms with Gasteiger partial charge in [-0.05, 0) is 29.3 Å². The summed E-state index contributed by atoms with van der Waals surface area (Å²) < 4.78 is 0. The number of hydrogen-bond donors (Lipinski definition) is 1. The average molecular weight is 368 g/mol. The zero-order chi connectivity index (χ0) is 17.1. The minimum Gasteiger partial charge on any atom is -0.326 e. The highest BCUT2D eigenvalue weighted by Gasteiger charge is 2.17. The molecular weight excluding hydrogens is 348 g/mol. The minimum absolute atomic E-state index is 0.763. The first-order valence-corrected chi connectivity index (χ1v) is 9.82. The van der Waals surface area contributed by atoms with Crippen LogP contribution in [0.1, 0.15) is 17.7 Å². The zero-order valence-corrected chi connectivity index (χ0v) is 15.5. The molecule has 2 nitrogen and oxygen atoms in total. The van der Waals surface area contributed by atoms with Crippen molar-refractivity contribution in [3.05, 3.63) is 82.3 Å². The lowest BCUT2D eigenvalue weighted by Crippen LogP contribution is -3.11. The fourth-order valence-electron chi connectivity index (χ4n) is 3.23. The molecule has 25 heavy (non-hydrogen) atoms. The van der Waals surface area contributed by atoms with Gasteiger partial charge < -0.3 is 4.90 Å². The largest absolute Gasteiger partial charge is 0.326 e. The van der Waals surface area contributed by atoms with Crippen molar-refractivity contribution in [3.63, 3.8) is 0 Å². The third-order valence-electron chi connectivity index (χ3n) is 4.60. The van der Waals surface area contributed by atoms with Crippen LogP contribution in [-0.4, -0.2) is 18.1 Å². The molecule has 0 amide bonds. The van der Waals surface area contributed by atoms with Crippen LogP contribution in [0.15, 0.2) is 66.1 Å². The number of nitrogens with one attached hydrogen (secondary N) is 1. The van der Waals surface area contributed by atoms with Crippen molar-refractivity contribution >= 4 is 28.5 Å². The molecule has 2 heterocycles. The van der Waals surface area contributed by atoms with Gasteiger partial charge in [-0.1, -0.05) is 54.1 Å². The Balaban J connectivity index is 1.41. The SMILES string of the molecule is Clc1ccc(-c2nc(C[NH+]3CC=C(c4ccccc4)CC3)cs2)cc1. The normalized spacial score (nSPS) is 17.3. The molecule has 126 valence electrons. The average Bonchev–Trinajstić information content (AvgIpc) is 3.12. The summed E-state index contributed by atoms with van der Waals surface area (Å²) in [6.07, 6.45) is 3.52. The van der Waals surface area contributed by atoms with Gasteiger partial charge in [0, 0.05) is 22.4 Å². The van der Waals surface area contributed by atoms with Crippen LogP contribution < -0.4 is 4.90 Å². The van der Waals surface area contributed by atoms with Gasteiger partial charge in [0.05, 0.1) is 13.1 Å². The molecule has 0 bridgehead atoms. The van der Waals surface area contributed by atoms with Gasteiger partial charge in [0.15, 0.2) is 0 Å². The first kappa shape index (κ1) is 16.5. The molecule has 1 aliphatic heterocycles. The topological polar surface area (TPSA) is 17.3 Å². The van der Waals surface area contributed by atoms with E-state index in [4.69, 9.17) is 16.6 Å². The molecule has 0 saturated carbocycles. The lowest BCUT2D eigenvalue weighted by Gasteiger charge is -2.23. The van der Waals surface area contributed by atoms with Crippen molar-refractivity contribution in [1.82, 2.24) is 4.98 Å². The lowest BCUT2D eigenvalue weighted by molar-refractivity contribution is -0.909. The number of quaternary nitrogens is 1. The van der Waals surface area contributed by atoms with E-state index >= 15 is 0 Å². The smallest absolute Gasteiger partial charge is 0.123 e. The van der Waals surface area contributed by atoms with E-state index in [-0.39, 0.29) is 0 Å². The standard InChI is InChI=1S/C21H19ClN2S/c22-19-8-6-18(7-9-19)21-23-20(15-25-21)14-24-12-10-17(11-13-24)16-4-2-1-3-5-16/h1-10,15H,11-14H2/p+1. The molecule has 0 fully saturated rings. The molecule has 2 aromatic carbocycles. The third kappa shape index (κ3) is 4.01. The number of hydrogen-bond acceptors (Lipinski definition) is 2. The highest BCUT2D eigenvalue weighted by atomic mass is 35.5. The molecule has 0 saturated heterocycles. The molecule has 4 rings (SSSR count). The molecule has 3 aromatic rings. The summed E-state index contributed by atoms with van der Waals surface area (Å²) in [5, 5.41) is 4.02. The maximum absolute atomic E-state index is 5.96. The molecular formula is C21H20ClN2S+. The maximum Gasteiger partial charge on any atom is 0.123 e. The Labute approximate surface area is 157 Å². The Bertz CT molecular complexity index is 868. The third-order valence-corrected chi connectivity index (χ3v) is 5.80. The molecule has 1 aliphatic rings. The van der Waals surface area contributed by atoms with Crippen molar-refractivity contribution in [1.29, 1.82) is 0 Å². The van der Waals surface area contributed by atoms with Crippen LogP contribution in [0.25, 0.3) is 16.1 Å². The van der Waals surface area contributed by atoms with Crippen LogP contribution in [0.3, 0.4) is 0 Å². The van der Waals surface area contributed by atoms with Crippen LogP contribution in [-0.2, 0) is 6.54 Å². The number of nitrogens with zero attached hydrogens (tertiary/aromatic N) is 1. The molecule has 1 aromatic heterocycles. The van der Waals surface area contributed by atoms with Gasteiger partial charge in [0.25, 0.3) is 0 Å². The van der Waals surface area contributed by atoms with Gasteiger partial charge in [-0.15, -0.1) is 11.3 Å². The van der Waals surface area contributed by atoms with Gasteiger partial charge in [-0.3, -0.25) is 0 Å². The number of benzene rings is 2. The van der Waals surface area contributed by atoms with Gasteiger partial charge >= 0.3 is 0 Å². The molecule has 0 spiro atoms. The van der Waals surface area contributed by atoms with E-state index in [9.17, 15) is 0 Å². The summed E-state index contributed by atoms with van der Waals surface area (Å²) in [4.78, 5) is 6.39. The van der Waals surface area contributed by atoms with E-state index in [1.165, 1.54) is 16.8 Å². The van der Waals surface area contributed by atoms with E-state index in [0.717, 1.165) is 41.6 Å². The number of aromatic nitrogens is 1. The Morgan fingerprint density at radius 2 is 1.80 bits per heavy atom. The van der Waals surface area contributed by atoms with Crippen LogP contribution in [0, 0.1) is 0 Å². The first-order chi connectivity index (χ1) is 12.3. The highest BCUT2D eigenvalue weighted by Crippen LogP contribution is 2.25. The Kier molecular flexibility index (Phi) is 4.97. The van der Waals surface area contributed by atoms with E-state index in [1.807, 2.05) is 24.3 Å². The second-order valence-electron chi connectivity index (χ2n) is 6.38. The second-order valence-corrected chi connectivity index (χ2v) is 7.67. The Hall–Kier alpha value is -1.94. The van der Waals surface area contributed by atoms with E-state index in [0.29, 0.717) is 0 Å². The predicted molar refractivity (Wildman–Crippen MR) is 106 cm³/mol. The van der Waals surface area contributed by atoms with Gasteiger partial charge in [-0.25, -0.2) is 4.98 Å². The van der Waals surface area contributed by atoms with Gasteiger partial charge in [0.1, 0.15) is 17.2 Å². The predicted octanol–water partition coefficient (Wildman–Crippen LogP) is 4.34. The van der Waals surface area contributed by atoms with Gasteiger partial charge in [0.2, 0.25) is 0 Å². The number of thiazole rings is 1. The molecule has 1 atom stereocenters. The fourth-order valence-corrected chi connectivity index (χ4v) is 4.18. The number of rotatable bonds is 4. The molecule has 4 heteroatoms. The monoisotopic (exact) mass is 367 g/mol. The summed E-state index contributed by atoms with van der Waals surface area (Å²) in [6, 6.07) is 18.6. The van der Waals surface area contributed by atoms with Crippen LogP contribution in [0.5, 0.6) is 0 Å². The lowest BCUT2D eigenvalue weighted by atomic mass is 9.99. The summed E-state index contributed by atoms with van der Waals surface area (Å²) in [6.45, 7) is 3.22. The van der Waals surface area contributed by atoms with E-state index < -0.39 is 0 Å². The van der Waals surface area contributed by atoms with Crippen molar-refractivity contribution in [2.45, 2.75) is 13.0 Å². The van der Waals surface area contributed by atoms with E-state index in [1.54, 1.807) is 16.2 Å².